The maximum absolute atomic E-state index is 11.4. The molecule has 0 aliphatic rings. The molecule has 0 heterocycles. The molecule has 0 bridgehead atoms. The van der Waals surface area contributed by atoms with E-state index in [0.717, 1.165) is 0 Å². The summed E-state index contributed by atoms with van der Waals surface area (Å²) in [5, 5.41) is 17.6. The first-order valence-corrected chi connectivity index (χ1v) is 7.43. The zero-order chi connectivity index (χ0) is 17.5. The largest absolute Gasteiger partial charge is 0.478 e. The number of carbonyl (C=O) groups is 2. The first-order chi connectivity index (χ1) is 10.7. The summed E-state index contributed by atoms with van der Waals surface area (Å²) in [6, 6.07) is 6.31. The van der Waals surface area contributed by atoms with Gasteiger partial charge in [0.25, 0.3) is 0 Å². The number of carboxylic acids is 1. The highest BCUT2D eigenvalue weighted by Crippen LogP contribution is 2.10. The van der Waals surface area contributed by atoms with Gasteiger partial charge in [-0.05, 0) is 51.2 Å². The number of alkyl carbamates (subject to hydrolysis) is 1. The first-order valence-electron chi connectivity index (χ1n) is 7.02. The van der Waals surface area contributed by atoms with Crippen LogP contribution in [-0.2, 0) is 4.74 Å². The van der Waals surface area contributed by atoms with Gasteiger partial charge in [0, 0.05) is 18.8 Å². The summed E-state index contributed by atoms with van der Waals surface area (Å²) in [6.45, 7) is 6.11. The van der Waals surface area contributed by atoms with Crippen LogP contribution in [0.15, 0.2) is 24.3 Å². The van der Waals surface area contributed by atoms with Crippen LogP contribution in [0.3, 0.4) is 0 Å². The lowest BCUT2D eigenvalue weighted by Gasteiger charge is -2.19. The van der Waals surface area contributed by atoms with Crippen molar-refractivity contribution in [2.45, 2.75) is 26.4 Å². The molecule has 0 unspecified atom stereocenters. The summed E-state index contributed by atoms with van der Waals surface area (Å²) < 4.78 is 5.09. The molecule has 1 aromatic rings. The van der Waals surface area contributed by atoms with Gasteiger partial charge in [-0.15, -0.1) is 0 Å². The van der Waals surface area contributed by atoms with E-state index in [4.69, 9.17) is 22.1 Å². The van der Waals surface area contributed by atoms with Crippen molar-refractivity contribution >= 4 is 35.1 Å². The minimum Gasteiger partial charge on any atom is -0.478 e. The van der Waals surface area contributed by atoms with Crippen molar-refractivity contribution < 1.29 is 19.4 Å². The lowest BCUT2D eigenvalue weighted by Crippen LogP contribution is -2.39. The van der Waals surface area contributed by atoms with Crippen molar-refractivity contribution in [2.24, 2.45) is 0 Å². The fourth-order valence-corrected chi connectivity index (χ4v) is 1.78. The molecule has 4 N–H and O–H groups in total. The van der Waals surface area contributed by atoms with Crippen LogP contribution in [0.4, 0.5) is 10.5 Å². The Balaban J connectivity index is 2.31. The fraction of sp³-hybridized carbons (Fsp3) is 0.400. The second-order valence-electron chi connectivity index (χ2n) is 5.70. The molecule has 0 saturated carbocycles. The summed E-state index contributed by atoms with van der Waals surface area (Å²) in [5.74, 6) is -1.01. The molecular formula is C15H21N3O4S. The Morgan fingerprint density at radius 3 is 2.48 bits per heavy atom. The quantitative estimate of drug-likeness (QED) is 0.482. The van der Waals surface area contributed by atoms with E-state index in [0.29, 0.717) is 23.9 Å². The van der Waals surface area contributed by atoms with Crippen molar-refractivity contribution in [2.75, 3.05) is 18.4 Å². The van der Waals surface area contributed by atoms with Crippen molar-refractivity contribution in [3.63, 3.8) is 0 Å². The second-order valence-corrected chi connectivity index (χ2v) is 6.10. The summed E-state index contributed by atoms with van der Waals surface area (Å²) in [4.78, 5) is 22.3. The monoisotopic (exact) mass is 339 g/mol. The molecule has 1 aromatic carbocycles. The number of nitrogens with one attached hydrogen (secondary N) is 3. The van der Waals surface area contributed by atoms with Crippen LogP contribution in [0, 0.1) is 0 Å². The third-order valence-electron chi connectivity index (χ3n) is 2.45. The average Bonchev–Trinajstić information content (AvgIpc) is 2.42. The van der Waals surface area contributed by atoms with Crippen LogP contribution in [0.5, 0.6) is 0 Å². The predicted molar refractivity (Wildman–Crippen MR) is 91.9 cm³/mol. The van der Waals surface area contributed by atoms with Crippen molar-refractivity contribution in [3.05, 3.63) is 29.8 Å². The number of rotatable bonds is 5. The van der Waals surface area contributed by atoms with Gasteiger partial charge in [0.05, 0.1) is 5.56 Å². The standard InChI is InChI=1S/C15H21N3O4S/c1-15(2,3)22-14(21)17-8-7-16-13(23)18-11-6-4-5-10(9-11)12(19)20/h4-6,9H,7-8H2,1-3H3,(H,17,21)(H,19,20)(H2,16,18,23). The first kappa shape index (κ1) is 18.7. The van der Waals surface area contributed by atoms with Gasteiger partial charge in [-0.25, -0.2) is 9.59 Å². The van der Waals surface area contributed by atoms with Gasteiger partial charge in [0.2, 0.25) is 0 Å². The van der Waals surface area contributed by atoms with Gasteiger partial charge in [0.15, 0.2) is 5.11 Å². The lowest BCUT2D eigenvalue weighted by atomic mass is 10.2. The summed E-state index contributed by atoms with van der Waals surface area (Å²) in [7, 11) is 0. The Labute approximate surface area is 140 Å². The third-order valence-corrected chi connectivity index (χ3v) is 2.69. The van der Waals surface area contributed by atoms with E-state index in [2.05, 4.69) is 16.0 Å². The number of hydrogen-bond donors (Lipinski definition) is 4. The Morgan fingerprint density at radius 2 is 1.87 bits per heavy atom. The normalized spacial score (nSPS) is 10.6. The van der Waals surface area contributed by atoms with Crippen LogP contribution < -0.4 is 16.0 Å². The maximum Gasteiger partial charge on any atom is 0.407 e. The molecule has 7 nitrogen and oxygen atoms in total. The minimum absolute atomic E-state index is 0.171. The van der Waals surface area contributed by atoms with E-state index < -0.39 is 17.7 Å². The van der Waals surface area contributed by atoms with E-state index in [9.17, 15) is 9.59 Å². The number of anilines is 1. The number of thiocarbonyl (C=S) groups is 1. The third kappa shape index (κ3) is 8.01. The number of amides is 1. The molecule has 1 amide bonds. The van der Waals surface area contributed by atoms with E-state index in [1.165, 1.54) is 12.1 Å². The van der Waals surface area contributed by atoms with Crippen LogP contribution in [-0.4, -0.2) is 41.0 Å². The summed E-state index contributed by atoms with van der Waals surface area (Å²) >= 11 is 5.10. The minimum atomic E-state index is -1.01. The molecule has 126 valence electrons. The van der Waals surface area contributed by atoms with E-state index in [1.807, 2.05) is 0 Å². The molecule has 0 aliphatic heterocycles. The van der Waals surface area contributed by atoms with Gasteiger partial charge >= 0.3 is 12.1 Å². The number of benzene rings is 1. The van der Waals surface area contributed by atoms with Gasteiger partial charge in [0.1, 0.15) is 5.60 Å². The highest BCUT2D eigenvalue weighted by molar-refractivity contribution is 7.80. The van der Waals surface area contributed by atoms with Gasteiger partial charge in [-0.2, -0.15) is 0 Å². The molecule has 0 atom stereocenters. The number of ether oxygens (including phenoxy) is 1. The smallest absolute Gasteiger partial charge is 0.407 e. The average molecular weight is 339 g/mol. The maximum atomic E-state index is 11.4. The number of hydrogen-bond acceptors (Lipinski definition) is 4. The zero-order valence-corrected chi connectivity index (χ0v) is 14.1. The van der Waals surface area contributed by atoms with Crippen molar-refractivity contribution in [1.82, 2.24) is 10.6 Å². The molecule has 0 fully saturated rings. The summed E-state index contributed by atoms with van der Waals surface area (Å²) in [5.41, 5.74) is 0.204. The number of aromatic carboxylic acids is 1. The topological polar surface area (TPSA) is 99.7 Å². The van der Waals surface area contributed by atoms with Crippen LogP contribution in [0.1, 0.15) is 31.1 Å². The molecule has 23 heavy (non-hydrogen) atoms. The Kier molecular flexibility index (Phi) is 6.77. The van der Waals surface area contributed by atoms with Crippen LogP contribution >= 0.6 is 12.2 Å². The lowest BCUT2D eigenvalue weighted by molar-refractivity contribution is 0.0528. The molecule has 1 rings (SSSR count). The predicted octanol–water partition coefficient (Wildman–Crippen LogP) is 2.20. The second kappa shape index (κ2) is 8.33. The highest BCUT2D eigenvalue weighted by atomic mass is 32.1. The number of carboxylic acid groups (broad SMARTS) is 1. The Bertz CT molecular complexity index is 584. The molecule has 0 spiro atoms. The molecule has 0 radical (unpaired) electrons. The van der Waals surface area contributed by atoms with Gasteiger partial charge < -0.3 is 25.8 Å². The SMILES string of the molecule is CC(C)(C)OC(=O)NCCNC(=S)Nc1cccc(C(=O)O)c1. The summed E-state index contributed by atoms with van der Waals surface area (Å²) in [6.07, 6.45) is -0.493. The van der Waals surface area contributed by atoms with E-state index in [1.54, 1.807) is 32.9 Å². The zero-order valence-electron chi connectivity index (χ0n) is 13.3. The van der Waals surface area contributed by atoms with Gasteiger partial charge in [-0.1, -0.05) is 6.07 Å². The van der Waals surface area contributed by atoms with Crippen molar-refractivity contribution in [3.8, 4) is 0 Å². The fourth-order valence-electron chi connectivity index (χ4n) is 1.56. The molecule has 0 aromatic heterocycles. The molecule has 0 aliphatic carbocycles. The van der Waals surface area contributed by atoms with E-state index in [-0.39, 0.29) is 5.56 Å². The Hall–Kier alpha value is -2.35. The molecular weight excluding hydrogens is 318 g/mol. The van der Waals surface area contributed by atoms with Crippen LogP contribution in [0.2, 0.25) is 0 Å². The Morgan fingerprint density at radius 1 is 1.22 bits per heavy atom. The highest BCUT2D eigenvalue weighted by Gasteiger charge is 2.15. The number of carbonyl (C=O) groups excluding carboxylic acids is 1. The van der Waals surface area contributed by atoms with E-state index >= 15 is 0 Å². The van der Waals surface area contributed by atoms with Crippen LogP contribution in [0.25, 0.3) is 0 Å². The van der Waals surface area contributed by atoms with Gasteiger partial charge in [-0.3, -0.25) is 0 Å². The molecule has 0 saturated heterocycles. The van der Waals surface area contributed by atoms with Crippen molar-refractivity contribution in [1.29, 1.82) is 0 Å². The molecule has 8 heteroatoms.